The molecule has 1 aromatic heterocycles. The first-order chi connectivity index (χ1) is 33.5. The van der Waals surface area contributed by atoms with Crippen molar-refractivity contribution in [3.05, 3.63) is 254 Å². The van der Waals surface area contributed by atoms with Crippen LogP contribution in [0.3, 0.4) is 0 Å². The Morgan fingerprint density at radius 1 is 0.294 bits per heavy atom. The fraction of sp³-hybridized carbons (Fsp3) is 0.0952. The summed E-state index contributed by atoms with van der Waals surface area (Å²) >= 11 is 0. The van der Waals surface area contributed by atoms with Gasteiger partial charge in [0.05, 0.1) is 0 Å². The van der Waals surface area contributed by atoms with E-state index in [1.807, 2.05) is 72.8 Å². The van der Waals surface area contributed by atoms with Crippen LogP contribution in [0.1, 0.15) is 43.2 Å². The summed E-state index contributed by atoms with van der Waals surface area (Å²) < 4.78 is 15.1. The van der Waals surface area contributed by atoms with Crippen molar-refractivity contribution in [2.24, 2.45) is 0 Å². The van der Waals surface area contributed by atoms with Crippen LogP contribution in [0.15, 0.2) is 243 Å². The highest BCUT2D eigenvalue weighted by atomic mass is 31.2. The molecule has 0 amide bonds. The monoisotopic (exact) mass is 895 g/mol. The molecule has 1 fully saturated rings. The zero-order valence-corrected chi connectivity index (χ0v) is 38.7. The topological polar surface area (TPSA) is 55.7 Å². The van der Waals surface area contributed by atoms with Gasteiger partial charge in [0.25, 0.3) is 0 Å². The smallest absolute Gasteiger partial charge is 0.171 e. The molecule has 0 spiro atoms. The highest BCUT2D eigenvalue weighted by Crippen LogP contribution is 2.47. The number of hydrogen-bond donors (Lipinski definition) is 0. The molecular formula is C63H50N3OP. The number of benzene rings is 9. The van der Waals surface area contributed by atoms with E-state index in [0.717, 1.165) is 67.7 Å². The summed E-state index contributed by atoms with van der Waals surface area (Å²) in [5, 5.41) is 2.51. The predicted octanol–water partition coefficient (Wildman–Crippen LogP) is 14.8. The molecule has 0 bridgehead atoms. The standard InChI is InChI=1S/C63H50N3OP/c67-68(57-23-10-3-11-24-57,58-25-12-4-13-26-58)59-41-37-50(38-42-59)54-21-16-22-56(45-54)63(43-14-5-15-44-63)55-39-35-53(36-40-55)62-65-60(51-31-27-48(28-32-51)46-17-6-1-7-18-46)64-61(66-62)52-33-29-49(30-34-52)47-19-8-2-9-20-47/h1-4,6-13,16-42,45H,5,14-15,43-44H2. The second kappa shape index (κ2) is 18.8. The van der Waals surface area contributed by atoms with Gasteiger partial charge in [0.1, 0.15) is 0 Å². The molecule has 9 aromatic carbocycles. The van der Waals surface area contributed by atoms with Crippen LogP contribution in [0.5, 0.6) is 0 Å². The maximum Gasteiger partial charge on any atom is 0.171 e. The SMILES string of the molecule is O=P(c1ccccc1)(c1ccccc1)c1ccc(-c2cccc(C3(c4ccc(-c5nc(-c6ccc(-c7ccccc7)cc6)nc(-c6ccc(-c7ccccc7)cc6)n5)cc4)CCCCC3)c2)cc1. The molecule has 0 radical (unpaired) electrons. The third-order valence-electron chi connectivity index (χ3n) is 13.8. The Morgan fingerprint density at radius 3 is 1.09 bits per heavy atom. The van der Waals surface area contributed by atoms with E-state index in [4.69, 9.17) is 15.0 Å². The predicted molar refractivity (Wildman–Crippen MR) is 282 cm³/mol. The first-order valence-corrected chi connectivity index (χ1v) is 25.4. The third kappa shape index (κ3) is 8.45. The summed E-state index contributed by atoms with van der Waals surface area (Å²) in [6, 6.07) is 84.1. The van der Waals surface area contributed by atoms with E-state index in [9.17, 15) is 0 Å². The highest BCUT2D eigenvalue weighted by Gasteiger charge is 2.36. The summed E-state index contributed by atoms with van der Waals surface area (Å²) in [7, 11) is -3.07. The number of nitrogens with zero attached hydrogens (tertiary/aromatic N) is 3. The summed E-state index contributed by atoms with van der Waals surface area (Å²) in [4.78, 5) is 15.4. The van der Waals surface area contributed by atoms with Gasteiger partial charge < -0.3 is 4.57 Å². The molecule has 0 atom stereocenters. The second-order valence-corrected chi connectivity index (χ2v) is 20.6. The lowest BCUT2D eigenvalue weighted by molar-refractivity contribution is 0.346. The molecule has 11 rings (SSSR count). The Balaban J connectivity index is 0.929. The van der Waals surface area contributed by atoms with E-state index in [1.54, 1.807) is 0 Å². The summed E-state index contributed by atoms with van der Waals surface area (Å²) in [5.74, 6) is 1.91. The lowest BCUT2D eigenvalue weighted by Gasteiger charge is -2.39. The van der Waals surface area contributed by atoms with Crippen molar-refractivity contribution in [3.63, 3.8) is 0 Å². The Labute approximate surface area is 399 Å². The molecule has 0 aliphatic heterocycles. The average Bonchev–Trinajstić information content (AvgIpc) is 3.44. The van der Waals surface area contributed by atoms with Gasteiger partial charge in [0.15, 0.2) is 24.6 Å². The van der Waals surface area contributed by atoms with Crippen LogP contribution in [0.4, 0.5) is 0 Å². The molecule has 4 nitrogen and oxygen atoms in total. The Bertz CT molecular complexity index is 3190. The molecule has 1 aliphatic rings. The molecule has 1 heterocycles. The van der Waals surface area contributed by atoms with Crippen molar-refractivity contribution in [2.45, 2.75) is 37.5 Å². The maximum absolute atomic E-state index is 15.1. The minimum atomic E-state index is -3.07. The van der Waals surface area contributed by atoms with Crippen LogP contribution < -0.4 is 15.9 Å². The Morgan fingerprint density at radius 2 is 0.632 bits per heavy atom. The first kappa shape index (κ1) is 42.8. The summed E-state index contributed by atoms with van der Waals surface area (Å²) in [5.41, 5.74) is 12.2. The largest absolute Gasteiger partial charge is 0.309 e. The minimum Gasteiger partial charge on any atom is -0.309 e. The quantitative estimate of drug-likeness (QED) is 0.121. The molecule has 0 saturated heterocycles. The van der Waals surface area contributed by atoms with E-state index in [-0.39, 0.29) is 5.41 Å². The van der Waals surface area contributed by atoms with Crippen LogP contribution in [-0.2, 0) is 9.98 Å². The van der Waals surface area contributed by atoms with Gasteiger partial charge in [-0.15, -0.1) is 0 Å². The molecular weight excluding hydrogens is 846 g/mol. The summed E-state index contributed by atoms with van der Waals surface area (Å²) in [6.07, 6.45) is 5.72. The van der Waals surface area contributed by atoms with Gasteiger partial charge in [-0.2, -0.15) is 0 Å². The zero-order chi connectivity index (χ0) is 45.8. The Kier molecular flexibility index (Phi) is 11.9. The average molecular weight is 896 g/mol. The lowest BCUT2D eigenvalue weighted by Crippen LogP contribution is -2.30. The van der Waals surface area contributed by atoms with E-state index in [1.165, 1.54) is 41.5 Å². The van der Waals surface area contributed by atoms with Crippen molar-refractivity contribution in [3.8, 4) is 67.5 Å². The van der Waals surface area contributed by atoms with Crippen molar-refractivity contribution in [1.29, 1.82) is 0 Å². The van der Waals surface area contributed by atoms with Gasteiger partial charge in [-0.1, -0.05) is 262 Å². The molecule has 0 N–H and O–H groups in total. The van der Waals surface area contributed by atoms with Gasteiger partial charge in [0.2, 0.25) is 0 Å². The second-order valence-electron chi connectivity index (χ2n) is 17.8. The molecule has 68 heavy (non-hydrogen) atoms. The first-order valence-electron chi connectivity index (χ1n) is 23.7. The molecule has 1 saturated carbocycles. The van der Waals surface area contributed by atoms with Crippen LogP contribution in [-0.4, -0.2) is 15.0 Å². The highest BCUT2D eigenvalue weighted by molar-refractivity contribution is 7.85. The lowest BCUT2D eigenvalue weighted by atomic mass is 9.65. The van der Waals surface area contributed by atoms with Crippen molar-refractivity contribution in [2.75, 3.05) is 0 Å². The van der Waals surface area contributed by atoms with Crippen LogP contribution in [0, 0.1) is 0 Å². The van der Waals surface area contributed by atoms with Gasteiger partial charge in [-0.05, 0) is 57.3 Å². The van der Waals surface area contributed by atoms with E-state index < -0.39 is 7.14 Å². The zero-order valence-electron chi connectivity index (χ0n) is 37.8. The van der Waals surface area contributed by atoms with E-state index >= 15 is 4.57 Å². The third-order valence-corrected chi connectivity index (χ3v) is 16.8. The van der Waals surface area contributed by atoms with Crippen molar-refractivity contribution in [1.82, 2.24) is 15.0 Å². The fourth-order valence-electron chi connectivity index (χ4n) is 10.1. The van der Waals surface area contributed by atoms with Gasteiger partial charge in [-0.25, -0.2) is 15.0 Å². The molecule has 5 heteroatoms. The molecule has 0 unspecified atom stereocenters. The number of hydrogen-bond acceptors (Lipinski definition) is 4. The van der Waals surface area contributed by atoms with Crippen LogP contribution in [0.2, 0.25) is 0 Å². The molecule has 328 valence electrons. The van der Waals surface area contributed by atoms with E-state index in [0.29, 0.717) is 17.5 Å². The van der Waals surface area contributed by atoms with Crippen LogP contribution >= 0.6 is 7.14 Å². The van der Waals surface area contributed by atoms with Gasteiger partial charge >= 0.3 is 0 Å². The van der Waals surface area contributed by atoms with Gasteiger partial charge in [0, 0.05) is 38.0 Å². The maximum atomic E-state index is 15.1. The molecule has 1 aliphatic carbocycles. The van der Waals surface area contributed by atoms with Crippen molar-refractivity contribution < 1.29 is 4.57 Å². The minimum absolute atomic E-state index is 0.139. The van der Waals surface area contributed by atoms with Crippen molar-refractivity contribution >= 4 is 23.1 Å². The Hall–Kier alpha value is -7.78. The number of aromatic nitrogens is 3. The van der Waals surface area contributed by atoms with E-state index in [2.05, 4.69) is 170 Å². The van der Waals surface area contributed by atoms with Crippen LogP contribution in [0.25, 0.3) is 67.5 Å². The number of rotatable bonds is 11. The fourth-order valence-corrected chi connectivity index (χ4v) is 12.7. The molecule has 10 aromatic rings. The van der Waals surface area contributed by atoms with Gasteiger partial charge in [-0.3, -0.25) is 0 Å². The summed E-state index contributed by atoms with van der Waals surface area (Å²) in [6.45, 7) is 0. The normalized spacial score (nSPS) is 13.5.